The highest BCUT2D eigenvalue weighted by atomic mass is 32.2. The first kappa shape index (κ1) is 20.4. The zero-order valence-electron chi connectivity index (χ0n) is 17.2. The first-order valence-electron chi connectivity index (χ1n) is 10.1. The molecule has 156 valence electrons. The predicted octanol–water partition coefficient (Wildman–Crippen LogP) is 3.82. The fourth-order valence-electron chi connectivity index (χ4n) is 3.19. The van der Waals surface area contributed by atoms with Crippen molar-refractivity contribution in [3.05, 3.63) is 54.4 Å². The molecule has 0 unspecified atom stereocenters. The Morgan fingerprint density at radius 1 is 1.17 bits per heavy atom. The molecule has 30 heavy (non-hydrogen) atoms. The summed E-state index contributed by atoms with van der Waals surface area (Å²) in [7, 11) is 1.83. The zero-order valence-corrected chi connectivity index (χ0v) is 18.0. The average molecular weight is 424 g/mol. The van der Waals surface area contributed by atoms with Crippen molar-refractivity contribution in [1.82, 2.24) is 24.6 Å². The molecule has 2 heterocycles. The molecule has 0 aliphatic heterocycles. The number of hydrogen-bond acceptors (Lipinski definition) is 6. The van der Waals surface area contributed by atoms with Gasteiger partial charge in [0.25, 0.3) is 0 Å². The Morgan fingerprint density at radius 2 is 1.90 bits per heavy atom. The second-order valence-corrected chi connectivity index (χ2v) is 8.20. The van der Waals surface area contributed by atoms with Crippen molar-refractivity contribution in [2.45, 2.75) is 37.5 Å². The molecular formula is C22H25N5O2S. The second-order valence-electron chi connectivity index (χ2n) is 7.26. The van der Waals surface area contributed by atoms with Crippen LogP contribution in [-0.2, 0) is 11.3 Å². The molecule has 0 N–H and O–H groups in total. The number of pyridine rings is 1. The molecule has 8 heteroatoms. The fraction of sp³-hybridized carbons (Fsp3) is 0.364. The number of rotatable bonds is 9. The summed E-state index contributed by atoms with van der Waals surface area (Å²) in [6, 6.07) is 12.1. The van der Waals surface area contributed by atoms with E-state index in [-0.39, 0.29) is 5.91 Å². The number of nitrogens with zero attached hydrogens (tertiary/aromatic N) is 5. The summed E-state index contributed by atoms with van der Waals surface area (Å²) in [5.41, 5.74) is 2.07. The summed E-state index contributed by atoms with van der Waals surface area (Å²) in [5, 5.41) is 9.55. The number of carbonyl (C=O) groups excluding carboxylic acids is 1. The molecule has 1 saturated carbocycles. The molecule has 3 aromatic rings. The first-order chi connectivity index (χ1) is 14.7. The van der Waals surface area contributed by atoms with E-state index in [9.17, 15) is 4.79 Å². The Hall–Kier alpha value is -2.87. The maximum Gasteiger partial charge on any atom is 0.233 e. The van der Waals surface area contributed by atoms with Gasteiger partial charge in [0, 0.05) is 37.6 Å². The molecule has 0 bridgehead atoms. The highest BCUT2D eigenvalue weighted by molar-refractivity contribution is 7.99. The van der Waals surface area contributed by atoms with Gasteiger partial charge in [-0.2, -0.15) is 0 Å². The van der Waals surface area contributed by atoms with Gasteiger partial charge in [-0.1, -0.05) is 23.9 Å². The maximum absolute atomic E-state index is 12.7. The number of hydrogen-bond donors (Lipinski definition) is 0. The quantitative estimate of drug-likeness (QED) is 0.487. The summed E-state index contributed by atoms with van der Waals surface area (Å²) < 4.78 is 7.63. The minimum absolute atomic E-state index is 0.0599. The molecule has 1 fully saturated rings. The number of carbonyl (C=O) groups is 1. The van der Waals surface area contributed by atoms with Crippen LogP contribution in [0, 0.1) is 0 Å². The Morgan fingerprint density at radius 3 is 2.57 bits per heavy atom. The first-order valence-corrected chi connectivity index (χ1v) is 11.1. The van der Waals surface area contributed by atoms with Gasteiger partial charge in [0.15, 0.2) is 11.0 Å². The fourth-order valence-corrected chi connectivity index (χ4v) is 4.14. The van der Waals surface area contributed by atoms with Gasteiger partial charge in [0.1, 0.15) is 5.75 Å². The lowest BCUT2D eigenvalue weighted by Gasteiger charge is -2.17. The minimum atomic E-state index is 0.0599. The van der Waals surface area contributed by atoms with Crippen molar-refractivity contribution in [2.24, 2.45) is 0 Å². The monoisotopic (exact) mass is 423 g/mol. The van der Waals surface area contributed by atoms with E-state index in [1.165, 1.54) is 11.8 Å². The topological polar surface area (TPSA) is 73.1 Å². The lowest BCUT2D eigenvalue weighted by atomic mass is 10.2. The van der Waals surface area contributed by atoms with E-state index in [2.05, 4.69) is 19.7 Å². The van der Waals surface area contributed by atoms with Crippen LogP contribution in [0.5, 0.6) is 5.75 Å². The molecule has 1 aromatic carbocycles. The molecule has 4 rings (SSSR count). The van der Waals surface area contributed by atoms with Crippen LogP contribution in [0.25, 0.3) is 11.4 Å². The largest absolute Gasteiger partial charge is 0.494 e. The lowest BCUT2D eigenvalue weighted by molar-refractivity contribution is -0.127. The molecule has 0 saturated heterocycles. The SMILES string of the molecule is CCOc1ccc(CN(C)C(=O)CSc2nnc(-c3ccncc3)n2C2CC2)cc1. The third-order valence-corrected chi connectivity index (χ3v) is 5.85. The Labute approximate surface area is 180 Å². The van der Waals surface area contributed by atoms with Crippen molar-refractivity contribution in [1.29, 1.82) is 0 Å². The van der Waals surface area contributed by atoms with Crippen LogP contribution < -0.4 is 4.74 Å². The maximum atomic E-state index is 12.7. The standard InChI is InChI=1S/C22H25N5O2S/c1-3-29-19-8-4-16(5-9-19)14-26(2)20(28)15-30-22-25-24-21(27(22)18-6-7-18)17-10-12-23-13-11-17/h4-5,8-13,18H,3,6-7,14-15H2,1-2H3. The Bertz CT molecular complexity index is 987. The summed E-state index contributed by atoms with van der Waals surface area (Å²) in [4.78, 5) is 18.5. The van der Waals surface area contributed by atoms with Crippen molar-refractivity contribution in [2.75, 3.05) is 19.4 Å². The van der Waals surface area contributed by atoms with Gasteiger partial charge < -0.3 is 9.64 Å². The second kappa shape index (κ2) is 9.30. The van der Waals surface area contributed by atoms with Gasteiger partial charge in [-0.3, -0.25) is 14.3 Å². The van der Waals surface area contributed by atoms with Crippen LogP contribution in [0.1, 0.15) is 31.4 Å². The summed E-state index contributed by atoms with van der Waals surface area (Å²) >= 11 is 1.45. The molecule has 7 nitrogen and oxygen atoms in total. The van der Waals surface area contributed by atoms with E-state index < -0.39 is 0 Å². The predicted molar refractivity (Wildman–Crippen MR) is 116 cm³/mol. The number of amides is 1. The third-order valence-electron chi connectivity index (χ3n) is 4.92. The average Bonchev–Trinajstić information content (AvgIpc) is 3.53. The lowest BCUT2D eigenvalue weighted by Crippen LogP contribution is -2.27. The highest BCUT2D eigenvalue weighted by Crippen LogP contribution is 2.41. The van der Waals surface area contributed by atoms with Crippen molar-refractivity contribution >= 4 is 17.7 Å². The van der Waals surface area contributed by atoms with Gasteiger partial charge in [-0.05, 0) is 49.6 Å². The van der Waals surface area contributed by atoms with Crippen LogP contribution in [-0.4, -0.2) is 50.0 Å². The van der Waals surface area contributed by atoms with Crippen LogP contribution in [0.3, 0.4) is 0 Å². The molecule has 1 aliphatic carbocycles. The molecule has 0 radical (unpaired) electrons. The third kappa shape index (κ3) is 4.81. The van der Waals surface area contributed by atoms with Crippen molar-refractivity contribution < 1.29 is 9.53 Å². The van der Waals surface area contributed by atoms with Crippen molar-refractivity contribution in [3.8, 4) is 17.1 Å². The smallest absolute Gasteiger partial charge is 0.233 e. The van der Waals surface area contributed by atoms with E-state index in [1.54, 1.807) is 17.3 Å². The van der Waals surface area contributed by atoms with Gasteiger partial charge in [0.05, 0.1) is 12.4 Å². The summed E-state index contributed by atoms with van der Waals surface area (Å²) in [6.07, 6.45) is 5.76. The number of aromatic nitrogens is 4. The van der Waals surface area contributed by atoms with Crippen LogP contribution in [0.4, 0.5) is 0 Å². The van der Waals surface area contributed by atoms with E-state index in [4.69, 9.17) is 4.74 Å². The molecule has 0 atom stereocenters. The number of benzene rings is 1. The normalized spacial score (nSPS) is 13.3. The van der Waals surface area contributed by atoms with Crippen LogP contribution in [0.15, 0.2) is 53.9 Å². The van der Waals surface area contributed by atoms with Gasteiger partial charge in [-0.15, -0.1) is 10.2 Å². The van der Waals surface area contributed by atoms with Gasteiger partial charge in [0.2, 0.25) is 5.91 Å². The zero-order chi connectivity index (χ0) is 20.9. The van der Waals surface area contributed by atoms with Crippen LogP contribution in [0.2, 0.25) is 0 Å². The van der Waals surface area contributed by atoms with Crippen LogP contribution >= 0.6 is 11.8 Å². The van der Waals surface area contributed by atoms with Gasteiger partial charge >= 0.3 is 0 Å². The minimum Gasteiger partial charge on any atom is -0.494 e. The number of thioether (sulfide) groups is 1. The Kier molecular flexibility index (Phi) is 6.32. The summed E-state index contributed by atoms with van der Waals surface area (Å²) in [6.45, 7) is 3.16. The van der Waals surface area contributed by atoms with E-state index in [0.717, 1.165) is 40.7 Å². The molecule has 1 aliphatic rings. The van der Waals surface area contributed by atoms with Crippen molar-refractivity contribution in [3.63, 3.8) is 0 Å². The molecular weight excluding hydrogens is 398 g/mol. The van der Waals surface area contributed by atoms with E-state index >= 15 is 0 Å². The summed E-state index contributed by atoms with van der Waals surface area (Å²) in [5.74, 6) is 2.08. The van der Waals surface area contributed by atoms with Gasteiger partial charge in [-0.25, -0.2) is 0 Å². The molecule has 2 aromatic heterocycles. The Balaban J connectivity index is 1.38. The highest BCUT2D eigenvalue weighted by Gasteiger charge is 2.30. The molecule has 0 spiro atoms. The van der Waals surface area contributed by atoms with E-state index in [0.29, 0.717) is 24.9 Å². The van der Waals surface area contributed by atoms with E-state index in [1.807, 2.05) is 50.4 Å². The molecule has 1 amide bonds. The number of ether oxygens (including phenoxy) is 1.